The molecular formula is C16H27N3O. The van der Waals surface area contributed by atoms with Gasteiger partial charge in [-0.05, 0) is 24.0 Å². The molecule has 1 aromatic rings. The lowest BCUT2D eigenvalue weighted by molar-refractivity contribution is 0.0933. The molecule has 0 atom stereocenters. The quantitative estimate of drug-likeness (QED) is 0.715. The van der Waals surface area contributed by atoms with E-state index in [2.05, 4.69) is 36.4 Å². The molecule has 0 saturated carbocycles. The summed E-state index contributed by atoms with van der Waals surface area (Å²) in [5.41, 5.74) is 0.747. The van der Waals surface area contributed by atoms with Gasteiger partial charge in [-0.1, -0.05) is 40.0 Å². The van der Waals surface area contributed by atoms with Gasteiger partial charge in [0.2, 0.25) is 0 Å². The van der Waals surface area contributed by atoms with E-state index < -0.39 is 0 Å². The molecule has 0 radical (unpaired) electrons. The molecule has 0 fully saturated rings. The molecule has 0 aromatic carbocycles. The van der Waals surface area contributed by atoms with Gasteiger partial charge in [-0.25, -0.2) is 4.98 Å². The van der Waals surface area contributed by atoms with Crippen molar-refractivity contribution in [3.63, 3.8) is 0 Å². The minimum atomic E-state index is -0.0521. The summed E-state index contributed by atoms with van der Waals surface area (Å²) in [7, 11) is 1.81. The van der Waals surface area contributed by atoms with E-state index in [9.17, 15) is 4.79 Å². The minimum absolute atomic E-state index is 0.0521. The number of nitrogens with one attached hydrogen (secondary N) is 2. The Labute approximate surface area is 122 Å². The average molecular weight is 277 g/mol. The van der Waals surface area contributed by atoms with Crippen LogP contribution in [0.1, 0.15) is 56.8 Å². The van der Waals surface area contributed by atoms with Crippen LogP contribution in [-0.4, -0.2) is 24.5 Å². The van der Waals surface area contributed by atoms with Gasteiger partial charge in [0.15, 0.2) is 0 Å². The molecule has 0 saturated heterocycles. The third kappa shape index (κ3) is 5.59. The van der Waals surface area contributed by atoms with Crippen molar-refractivity contribution in [3.05, 3.63) is 23.9 Å². The molecule has 0 spiro atoms. The standard InChI is InChI=1S/C16H27N3O/c1-5-6-7-10-16(2,3)12-19-15(20)13-8-9-14(17-4)18-11-13/h8-9,11H,5-7,10,12H2,1-4H3,(H,17,18)(H,19,20). The van der Waals surface area contributed by atoms with Gasteiger partial charge in [-0.15, -0.1) is 0 Å². The Kier molecular flexibility index (Phi) is 6.49. The minimum Gasteiger partial charge on any atom is -0.373 e. The van der Waals surface area contributed by atoms with E-state index in [1.807, 2.05) is 0 Å². The van der Waals surface area contributed by atoms with Gasteiger partial charge < -0.3 is 10.6 Å². The summed E-state index contributed by atoms with van der Waals surface area (Å²) in [5.74, 6) is 0.713. The van der Waals surface area contributed by atoms with E-state index in [4.69, 9.17) is 0 Å². The largest absolute Gasteiger partial charge is 0.373 e. The molecular weight excluding hydrogens is 250 g/mol. The zero-order valence-electron chi connectivity index (χ0n) is 13.1. The topological polar surface area (TPSA) is 54.0 Å². The monoisotopic (exact) mass is 277 g/mol. The number of nitrogens with zero attached hydrogens (tertiary/aromatic N) is 1. The number of hydrogen-bond acceptors (Lipinski definition) is 3. The number of anilines is 1. The summed E-state index contributed by atoms with van der Waals surface area (Å²) in [6.45, 7) is 7.30. The third-order valence-electron chi connectivity index (χ3n) is 3.47. The Hall–Kier alpha value is -1.58. The van der Waals surface area contributed by atoms with Crippen LogP contribution in [-0.2, 0) is 0 Å². The summed E-state index contributed by atoms with van der Waals surface area (Å²) < 4.78 is 0. The van der Waals surface area contributed by atoms with Crippen molar-refractivity contribution in [1.29, 1.82) is 0 Å². The number of aromatic nitrogens is 1. The molecule has 0 bridgehead atoms. The number of amides is 1. The van der Waals surface area contributed by atoms with Crippen LogP contribution in [0.4, 0.5) is 5.82 Å². The van der Waals surface area contributed by atoms with Gasteiger partial charge in [0.05, 0.1) is 5.56 Å². The molecule has 1 amide bonds. The molecule has 20 heavy (non-hydrogen) atoms. The first-order valence-corrected chi connectivity index (χ1v) is 7.40. The van der Waals surface area contributed by atoms with Crippen LogP contribution in [0.25, 0.3) is 0 Å². The van der Waals surface area contributed by atoms with Gasteiger partial charge in [0.25, 0.3) is 5.91 Å². The number of rotatable bonds is 8. The maximum atomic E-state index is 12.0. The molecule has 1 rings (SSSR count). The molecule has 4 heteroatoms. The van der Waals surface area contributed by atoms with E-state index in [0.717, 1.165) is 12.2 Å². The normalized spacial score (nSPS) is 11.2. The average Bonchev–Trinajstić information content (AvgIpc) is 2.45. The second-order valence-electron chi connectivity index (χ2n) is 5.99. The Morgan fingerprint density at radius 3 is 2.60 bits per heavy atom. The highest BCUT2D eigenvalue weighted by molar-refractivity contribution is 5.94. The first kappa shape index (κ1) is 16.5. The Bertz CT molecular complexity index is 412. The summed E-state index contributed by atoms with van der Waals surface area (Å²) in [6.07, 6.45) is 6.44. The van der Waals surface area contributed by atoms with Gasteiger partial charge in [0.1, 0.15) is 5.82 Å². The molecule has 1 aromatic heterocycles. The molecule has 4 nitrogen and oxygen atoms in total. The number of hydrogen-bond donors (Lipinski definition) is 2. The molecule has 2 N–H and O–H groups in total. The fourth-order valence-corrected chi connectivity index (χ4v) is 2.04. The van der Waals surface area contributed by atoms with Crippen molar-refractivity contribution in [2.45, 2.75) is 46.5 Å². The summed E-state index contributed by atoms with van der Waals surface area (Å²) in [4.78, 5) is 16.2. The molecule has 0 aliphatic heterocycles. The van der Waals surface area contributed by atoms with Crippen molar-refractivity contribution in [1.82, 2.24) is 10.3 Å². The fourth-order valence-electron chi connectivity index (χ4n) is 2.04. The van der Waals surface area contributed by atoms with Crippen molar-refractivity contribution < 1.29 is 4.79 Å². The number of unbranched alkanes of at least 4 members (excludes halogenated alkanes) is 2. The number of carbonyl (C=O) groups excluding carboxylic acids is 1. The predicted octanol–water partition coefficient (Wildman–Crippen LogP) is 3.46. The number of carbonyl (C=O) groups is 1. The predicted molar refractivity (Wildman–Crippen MR) is 84.0 cm³/mol. The summed E-state index contributed by atoms with van der Waals surface area (Å²) in [6, 6.07) is 3.60. The Morgan fingerprint density at radius 2 is 2.05 bits per heavy atom. The molecule has 0 aliphatic rings. The summed E-state index contributed by atoms with van der Waals surface area (Å²) in [5, 5.41) is 5.94. The van der Waals surface area contributed by atoms with Crippen molar-refractivity contribution >= 4 is 11.7 Å². The van der Waals surface area contributed by atoms with Gasteiger partial charge >= 0.3 is 0 Å². The van der Waals surface area contributed by atoms with Gasteiger partial charge in [-0.2, -0.15) is 0 Å². The highest BCUT2D eigenvalue weighted by Crippen LogP contribution is 2.22. The molecule has 0 unspecified atom stereocenters. The van der Waals surface area contributed by atoms with Crippen LogP contribution >= 0.6 is 0 Å². The fraction of sp³-hybridized carbons (Fsp3) is 0.625. The zero-order chi connectivity index (χ0) is 15.0. The van der Waals surface area contributed by atoms with Crippen LogP contribution in [0, 0.1) is 5.41 Å². The van der Waals surface area contributed by atoms with E-state index in [1.165, 1.54) is 19.3 Å². The first-order chi connectivity index (χ1) is 9.48. The van der Waals surface area contributed by atoms with E-state index in [0.29, 0.717) is 12.1 Å². The first-order valence-electron chi connectivity index (χ1n) is 7.40. The zero-order valence-corrected chi connectivity index (χ0v) is 13.1. The number of pyridine rings is 1. The van der Waals surface area contributed by atoms with Crippen LogP contribution in [0.15, 0.2) is 18.3 Å². The highest BCUT2D eigenvalue weighted by Gasteiger charge is 2.18. The van der Waals surface area contributed by atoms with Gasteiger partial charge in [-0.3, -0.25) is 4.79 Å². The maximum Gasteiger partial charge on any atom is 0.252 e. The third-order valence-corrected chi connectivity index (χ3v) is 3.47. The van der Waals surface area contributed by atoms with Crippen molar-refractivity contribution in [2.75, 3.05) is 18.9 Å². The summed E-state index contributed by atoms with van der Waals surface area (Å²) >= 11 is 0. The second kappa shape index (κ2) is 7.88. The Balaban J connectivity index is 2.45. The Morgan fingerprint density at radius 1 is 1.30 bits per heavy atom. The highest BCUT2D eigenvalue weighted by atomic mass is 16.1. The van der Waals surface area contributed by atoms with E-state index in [1.54, 1.807) is 25.4 Å². The van der Waals surface area contributed by atoms with Crippen molar-refractivity contribution in [3.8, 4) is 0 Å². The molecule has 112 valence electrons. The SMILES string of the molecule is CCCCCC(C)(C)CNC(=O)c1ccc(NC)nc1. The lowest BCUT2D eigenvalue weighted by Gasteiger charge is -2.25. The van der Waals surface area contributed by atoms with E-state index in [-0.39, 0.29) is 11.3 Å². The smallest absolute Gasteiger partial charge is 0.252 e. The maximum absolute atomic E-state index is 12.0. The van der Waals surface area contributed by atoms with Crippen LogP contribution in [0.2, 0.25) is 0 Å². The van der Waals surface area contributed by atoms with Crippen LogP contribution < -0.4 is 10.6 Å². The van der Waals surface area contributed by atoms with Crippen LogP contribution in [0.5, 0.6) is 0 Å². The molecule has 0 aliphatic carbocycles. The lowest BCUT2D eigenvalue weighted by Crippen LogP contribution is -2.34. The van der Waals surface area contributed by atoms with Crippen molar-refractivity contribution in [2.24, 2.45) is 5.41 Å². The van der Waals surface area contributed by atoms with Gasteiger partial charge in [0, 0.05) is 19.8 Å². The van der Waals surface area contributed by atoms with E-state index >= 15 is 0 Å². The lowest BCUT2D eigenvalue weighted by atomic mass is 9.87. The van der Waals surface area contributed by atoms with Crippen LogP contribution in [0.3, 0.4) is 0 Å². The second-order valence-corrected chi connectivity index (χ2v) is 5.99. The molecule has 1 heterocycles.